The topological polar surface area (TPSA) is 86.3 Å². The Morgan fingerprint density at radius 2 is 1.65 bits per heavy atom. The average molecular weight is 290 g/mol. The monoisotopic (exact) mass is 290 g/mol. The Bertz CT molecular complexity index is 688. The van der Waals surface area contributed by atoms with E-state index in [-0.39, 0.29) is 11.4 Å². The Balaban J connectivity index is 2.67. The summed E-state index contributed by atoms with van der Waals surface area (Å²) in [5.74, 6) is 0. The first-order valence-corrected chi connectivity index (χ1v) is 6.83. The highest BCUT2D eigenvalue weighted by molar-refractivity contribution is 7.98. The molecule has 6 nitrogen and oxygen atoms in total. The van der Waals surface area contributed by atoms with Crippen LogP contribution in [-0.4, -0.2) is 16.1 Å². The van der Waals surface area contributed by atoms with E-state index in [1.54, 1.807) is 12.1 Å². The fraction of sp³-hybridized carbons (Fsp3) is 0.0769. The lowest BCUT2D eigenvalue weighted by Crippen LogP contribution is -1.96. The van der Waals surface area contributed by atoms with E-state index in [9.17, 15) is 20.2 Å². The van der Waals surface area contributed by atoms with E-state index in [0.29, 0.717) is 11.1 Å². The molecule has 0 spiro atoms. The van der Waals surface area contributed by atoms with E-state index >= 15 is 0 Å². The largest absolute Gasteiger partial charge is 0.284 e. The van der Waals surface area contributed by atoms with E-state index in [2.05, 4.69) is 0 Å². The van der Waals surface area contributed by atoms with Crippen LogP contribution in [0.3, 0.4) is 0 Å². The third-order valence-electron chi connectivity index (χ3n) is 2.79. The molecule has 0 aliphatic carbocycles. The molecule has 0 radical (unpaired) electrons. The van der Waals surface area contributed by atoms with Gasteiger partial charge in [0, 0.05) is 16.5 Å². The van der Waals surface area contributed by atoms with Crippen molar-refractivity contribution in [2.24, 2.45) is 0 Å². The van der Waals surface area contributed by atoms with Crippen LogP contribution in [0.5, 0.6) is 0 Å². The maximum absolute atomic E-state index is 11.1. The summed E-state index contributed by atoms with van der Waals surface area (Å²) in [6.45, 7) is 0. The first-order chi connectivity index (χ1) is 9.54. The number of nitro groups is 2. The fourth-order valence-corrected chi connectivity index (χ4v) is 2.49. The van der Waals surface area contributed by atoms with E-state index in [0.717, 1.165) is 11.0 Å². The Hall–Kier alpha value is -2.41. The van der Waals surface area contributed by atoms with Crippen LogP contribution in [0.2, 0.25) is 0 Å². The number of nitrogens with zero attached hydrogens (tertiary/aromatic N) is 2. The van der Waals surface area contributed by atoms with Gasteiger partial charge >= 0.3 is 0 Å². The smallest absolute Gasteiger partial charge is 0.258 e. The summed E-state index contributed by atoms with van der Waals surface area (Å²) in [5.41, 5.74) is 0.523. The Labute approximate surface area is 118 Å². The van der Waals surface area contributed by atoms with Crippen molar-refractivity contribution in [2.75, 3.05) is 6.26 Å². The second kappa shape index (κ2) is 5.70. The molecule has 0 saturated carbocycles. The molecule has 20 heavy (non-hydrogen) atoms. The van der Waals surface area contributed by atoms with E-state index in [4.69, 9.17) is 0 Å². The van der Waals surface area contributed by atoms with E-state index < -0.39 is 9.85 Å². The lowest BCUT2D eigenvalue weighted by Gasteiger charge is -2.07. The third kappa shape index (κ3) is 2.62. The highest BCUT2D eigenvalue weighted by Gasteiger charge is 2.21. The van der Waals surface area contributed by atoms with Gasteiger partial charge in [-0.3, -0.25) is 20.2 Å². The van der Waals surface area contributed by atoms with Crippen LogP contribution in [0.1, 0.15) is 0 Å². The number of nitro benzene ring substituents is 2. The molecule has 0 N–H and O–H groups in total. The van der Waals surface area contributed by atoms with Crippen LogP contribution in [0.15, 0.2) is 47.4 Å². The maximum atomic E-state index is 11.1. The maximum Gasteiger partial charge on any atom is 0.284 e. The zero-order valence-corrected chi connectivity index (χ0v) is 11.3. The molecule has 0 bridgehead atoms. The molecule has 0 amide bonds. The van der Waals surface area contributed by atoms with Gasteiger partial charge in [0.15, 0.2) is 0 Å². The molecule has 0 unspecified atom stereocenters. The molecular weight excluding hydrogens is 280 g/mol. The summed E-state index contributed by atoms with van der Waals surface area (Å²) in [6.07, 6.45) is 1.87. The van der Waals surface area contributed by atoms with Crippen LogP contribution in [0.4, 0.5) is 11.4 Å². The molecule has 2 aromatic carbocycles. The van der Waals surface area contributed by atoms with Gasteiger partial charge in [-0.2, -0.15) is 0 Å². The Morgan fingerprint density at radius 3 is 2.25 bits per heavy atom. The number of thioether (sulfide) groups is 1. The first kappa shape index (κ1) is 14.0. The minimum absolute atomic E-state index is 0.263. The summed E-state index contributed by atoms with van der Waals surface area (Å²) in [5, 5.41) is 21.9. The Kier molecular flexibility index (Phi) is 3.99. The molecule has 0 aliphatic rings. The fourth-order valence-electron chi connectivity index (χ4n) is 1.88. The first-order valence-electron chi connectivity index (χ1n) is 5.61. The number of benzene rings is 2. The molecule has 2 aromatic rings. The summed E-state index contributed by atoms with van der Waals surface area (Å²) >= 11 is 1.46. The van der Waals surface area contributed by atoms with Crippen molar-refractivity contribution in [1.29, 1.82) is 0 Å². The minimum Gasteiger partial charge on any atom is -0.258 e. The number of hydrogen-bond acceptors (Lipinski definition) is 5. The van der Waals surface area contributed by atoms with Crippen molar-refractivity contribution in [1.82, 2.24) is 0 Å². The highest BCUT2D eigenvalue weighted by Crippen LogP contribution is 2.37. The van der Waals surface area contributed by atoms with Crippen molar-refractivity contribution < 1.29 is 9.85 Å². The third-order valence-corrected chi connectivity index (χ3v) is 3.58. The van der Waals surface area contributed by atoms with Gasteiger partial charge in [-0.1, -0.05) is 18.2 Å². The van der Waals surface area contributed by atoms with Gasteiger partial charge in [-0.25, -0.2) is 0 Å². The molecule has 0 heterocycles. The SMILES string of the molecule is CSc1ccccc1-c1ccc([N+](=O)[O-])cc1[N+](=O)[O-]. The molecule has 7 heteroatoms. The normalized spacial score (nSPS) is 10.2. The number of hydrogen-bond donors (Lipinski definition) is 0. The predicted molar refractivity (Wildman–Crippen MR) is 77.0 cm³/mol. The molecule has 0 atom stereocenters. The molecule has 0 fully saturated rings. The molecule has 0 aliphatic heterocycles. The van der Waals surface area contributed by atoms with Gasteiger partial charge in [0.2, 0.25) is 0 Å². The van der Waals surface area contributed by atoms with Crippen molar-refractivity contribution in [3.05, 3.63) is 62.7 Å². The Morgan fingerprint density at radius 1 is 0.950 bits per heavy atom. The van der Waals surface area contributed by atoms with Gasteiger partial charge < -0.3 is 0 Å². The standard InChI is InChI=1S/C13H10N2O4S/c1-20-13-5-3-2-4-11(13)10-7-6-9(14(16)17)8-12(10)15(18)19/h2-8H,1H3. The van der Waals surface area contributed by atoms with Crippen LogP contribution in [0, 0.1) is 20.2 Å². The summed E-state index contributed by atoms with van der Waals surface area (Å²) in [7, 11) is 0. The molecule has 0 aromatic heterocycles. The van der Waals surface area contributed by atoms with Crippen molar-refractivity contribution in [2.45, 2.75) is 4.90 Å². The average Bonchev–Trinajstić information content (AvgIpc) is 2.46. The van der Waals surface area contributed by atoms with Gasteiger partial charge in [0.25, 0.3) is 11.4 Å². The zero-order valence-electron chi connectivity index (χ0n) is 10.5. The van der Waals surface area contributed by atoms with Gasteiger partial charge in [0.1, 0.15) is 0 Å². The second-order valence-corrected chi connectivity index (χ2v) is 4.76. The second-order valence-electron chi connectivity index (χ2n) is 3.92. The van der Waals surface area contributed by atoms with E-state index in [1.165, 1.54) is 23.9 Å². The van der Waals surface area contributed by atoms with Crippen LogP contribution in [-0.2, 0) is 0 Å². The predicted octanol–water partition coefficient (Wildman–Crippen LogP) is 3.89. The number of non-ortho nitro benzene ring substituents is 1. The molecule has 2 rings (SSSR count). The van der Waals surface area contributed by atoms with Gasteiger partial charge in [0.05, 0.1) is 21.5 Å². The lowest BCUT2D eigenvalue weighted by atomic mass is 10.0. The van der Waals surface area contributed by atoms with Gasteiger partial charge in [-0.05, 0) is 18.4 Å². The summed E-state index contributed by atoms with van der Waals surface area (Å²) in [6, 6.07) is 10.9. The summed E-state index contributed by atoms with van der Waals surface area (Å²) < 4.78 is 0. The van der Waals surface area contributed by atoms with Crippen LogP contribution >= 0.6 is 11.8 Å². The van der Waals surface area contributed by atoms with Crippen LogP contribution < -0.4 is 0 Å². The molecular formula is C13H10N2O4S. The number of rotatable bonds is 4. The quantitative estimate of drug-likeness (QED) is 0.484. The molecule has 102 valence electrons. The molecule has 0 saturated heterocycles. The zero-order chi connectivity index (χ0) is 14.7. The van der Waals surface area contributed by atoms with E-state index in [1.807, 2.05) is 18.4 Å². The van der Waals surface area contributed by atoms with Crippen molar-refractivity contribution >= 4 is 23.1 Å². The lowest BCUT2D eigenvalue weighted by molar-refractivity contribution is -0.393. The van der Waals surface area contributed by atoms with Crippen molar-refractivity contribution in [3.8, 4) is 11.1 Å². The minimum atomic E-state index is -0.642. The van der Waals surface area contributed by atoms with Crippen molar-refractivity contribution in [3.63, 3.8) is 0 Å². The highest BCUT2D eigenvalue weighted by atomic mass is 32.2. The van der Waals surface area contributed by atoms with Gasteiger partial charge in [-0.15, -0.1) is 11.8 Å². The van der Waals surface area contributed by atoms with Crippen LogP contribution in [0.25, 0.3) is 11.1 Å². The summed E-state index contributed by atoms with van der Waals surface area (Å²) in [4.78, 5) is 21.5.